The first-order chi connectivity index (χ1) is 8.71. The fourth-order valence-electron chi connectivity index (χ4n) is 3.19. The minimum Gasteiger partial charge on any atom is -0.399 e. The van der Waals surface area contributed by atoms with Gasteiger partial charge < -0.3 is 21.8 Å². The molecular formula is C14H19N3OS. The van der Waals surface area contributed by atoms with E-state index >= 15 is 0 Å². The minimum absolute atomic E-state index is 0.223. The number of rotatable bonds is 0. The highest BCUT2D eigenvalue weighted by Gasteiger charge is 2.43. The van der Waals surface area contributed by atoms with Crippen LogP contribution in [0.25, 0.3) is 5.57 Å². The van der Waals surface area contributed by atoms with Crippen LogP contribution in [-0.4, -0.2) is 15.1 Å². The van der Waals surface area contributed by atoms with Crippen LogP contribution >= 0.6 is 10.8 Å². The molecule has 0 amide bonds. The molecule has 0 bridgehead atoms. The predicted molar refractivity (Wildman–Crippen MR) is 81.8 cm³/mol. The Morgan fingerprint density at radius 1 is 1.26 bits per heavy atom. The second kappa shape index (κ2) is 3.70. The van der Waals surface area contributed by atoms with Gasteiger partial charge in [-0.1, -0.05) is 19.9 Å². The smallest absolute Gasteiger partial charge is 0.0846 e. The summed E-state index contributed by atoms with van der Waals surface area (Å²) in [6, 6.07) is 5.63. The van der Waals surface area contributed by atoms with Crippen molar-refractivity contribution in [2.24, 2.45) is 16.9 Å². The molecule has 0 spiro atoms. The van der Waals surface area contributed by atoms with E-state index in [4.69, 9.17) is 17.2 Å². The Hall–Kier alpha value is -1.14. The molecular weight excluding hydrogens is 258 g/mol. The predicted octanol–water partition coefficient (Wildman–Crippen LogP) is 1.98. The Morgan fingerprint density at radius 2 is 1.95 bits per heavy atom. The van der Waals surface area contributed by atoms with Gasteiger partial charge in [0, 0.05) is 20.9 Å². The summed E-state index contributed by atoms with van der Waals surface area (Å²) in [5.74, 6) is 0. The van der Waals surface area contributed by atoms with Crippen LogP contribution in [0.3, 0.4) is 0 Å². The van der Waals surface area contributed by atoms with E-state index in [0.717, 1.165) is 20.9 Å². The zero-order chi connectivity index (χ0) is 14.0. The molecule has 1 aliphatic carbocycles. The number of hydrogen-bond acceptors (Lipinski definition) is 4. The lowest BCUT2D eigenvalue weighted by atomic mass is 9.71. The topological polar surface area (TPSA) is 98.3 Å². The van der Waals surface area contributed by atoms with E-state index in [9.17, 15) is 4.55 Å². The van der Waals surface area contributed by atoms with Gasteiger partial charge in [0.1, 0.15) is 0 Å². The Morgan fingerprint density at radius 3 is 2.63 bits per heavy atom. The van der Waals surface area contributed by atoms with Crippen molar-refractivity contribution in [3.05, 3.63) is 29.8 Å². The molecule has 5 heteroatoms. The van der Waals surface area contributed by atoms with E-state index in [1.165, 1.54) is 0 Å². The van der Waals surface area contributed by atoms with E-state index in [2.05, 4.69) is 13.8 Å². The lowest BCUT2D eigenvalue weighted by Gasteiger charge is -2.39. The minimum atomic E-state index is -0.920. The second-order valence-electron chi connectivity index (χ2n) is 6.10. The highest BCUT2D eigenvalue weighted by atomic mass is 32.2. The van der Waals surface area contributed by atoms with Gasteiger partial charge in [-0.3, -0.25) is 0 Å². The summed E-state index contributed by atoms with van der Waals surface area (Å²) in [4.78, 5) is 1.91. The lowest BCUT2D eigenvalue weighted by molar-refractivity contribution is 0.360. The molecule has 0 aromatic heterocycles. The third-order valence-electron chi connectivity index (χ3n) is 3.72. The highest BCUT2D eigenvalue weighted by molar-refractivity contribution is 8.12. The maximum atomic E-state index is 10.6. The molecule has 1 heterocycles. The largest absolute Gasteiger partial charge is 0.399 e. The van der Waals surface area contributed by atoms with Crippen LogP contribution in [-0.2, 0) is 0 Å². The van der Waals surface area contributed by atoms with Gasteiger partial charge >= 0.3 is 0 Å². The molecule has 7 N–H and O–H groups in total. The summed E-state index contributed by atoms with van der Waals surface area (Å²) in [6.07, 6.45) is 2.50. The van der Waals surface area contributed by atoms with Crippen molar-refractivity contribution < 1.29 is 4.55 Å². The average Bonchev–Trinajstić information content (AvgIpc) is 2.49. The molecule has 0 saturated heterocycles. The molecule has 2 aliphatic rings. The summed E-state index contributed by atoms with van der Waals surface area (Å²) < 4.78 is 10.6. The standard InChI is InChI=1S/C14H19N3OS/c1-13(2)7-14(16,17)6-10-9-4-3-8(15)5-11(9)19(18)12(10)13/h3-6,18H,7,15-17H2,1-2H3. The lowest BCUT2D eigenvalue weighted by Crippen LogP contribution is -2.54. The van der Waals surface area contributed by atoms with Crippen molar-refractivity contribution in [3.63, 3.8) is 0 Å². The SMILES string of the molecule is CC1(C)CC(N)(N)C=C2C1=S(O)c1cc(N)ccc12. The van der Waals surface area contributed by atoms with Crippen LogP contribution in [0.1, 0.15) is 25.8 Å². The van der Waals surface area contributed by atoms with Crippen LogP contribution in [0.2, 0.25) is 0 Å². The zero-order valence-electron chi connectivity index (χ0n) is 11.1. The fourth-order valence-corrected chi connectivity index (χ4v) is 5.02. The van der Waals surface area contributed by atoms with Gasteiger partial charge in [0.2, 0.25) is 0 Å². The molecule has 3 rings (SSSR count). The van der Waals surface area contributed by atoms with Gasteiger partial charge in [-0.2, -0.15) is 0 Å². The van der Waals surface area contributed by atoms with Gasteiger partial charge in [0.15, 0.2) is 0 Å². The van der Waals surface area contributed by atoms with Crippen LogP contribution in [0, 0.1) is 5.41 Å². The van der Waals surface area contributed by atoms with Crippen molar-refractivity contribution in [1.29, 1.82) is 0 Å². The molecule has 0 fully saturated rings. The van der Waals surface area contributed by atoms with E-state index in [-0.39, 0.29) is 5.41 Å². The molecule has 102 valence electrons. The maximum Gasteiger partial charge on any atom is 0.0846 e. The van der Waals surface area contributed by atoms with E-state index in [0.29, 0.717) is 12.1 Å². The summed E-state index contributed by atoms with van der Waals surface area (Å²) in [5, 5.41) is 0. The molecule has 19 heavy (non-hydrogen) atoms. The summed E-state index contributed by atoms with van der Waals surface area (Å²) in [6.45, 7) is 4.16. The normalized spacial score (nSPS) is 26.7. The van der Waals surface area contributed by atoms with Crippen LogP contribution in [0.4, 0.5) is 5.69 Å². The molecule has 1 aromatic rings. The Kier molecular flexibility index (Phi) is 2.51. The third kappa shape index (κ3) is 1.85. The quantitative estimate of drug-likeness (QED) is 0.331. The second-order valence-corrected chi connectivity index (χ2v) is 7.52. The number of nitrogens with two attached hydrogens (primary N) is 3. The average molecular weight is 277 g/mol. The Balaban J connectivity index is 2.33. The zero-order valence-corrected chi connectivity index (χ0v) is 11.9. The van der Waals surface area contributed by atoms with Gasteiger partial charge in [-0.25, -0.2) is 0 Å². The van der Waals surface area contributed by atoms with Crippen molar-refractivity contribution >= 4 is 26.9 Å². The molecule has 4 nitrogen and oxygen atoms in total. The van der Waals surface area contributed by atoms with Gasteiger partial charge in [-0.05, 0) is 46.5 Å². The van der Waals surface area contributed by atoms with E-state index in [1.54, 1.807) is 0 Å². The van der Waals surface area contributed by atoms with Crippen LogP contribution in [0.15, 0.2) is 29.2 Å². The van der Waals surface area contributed by atoms with Crippen molar-refractivity contribution in [2.45, 2.75) is 30.8 Å². The number of anilines is 1. The summed E-state index contributed by atoms with van der Waals surface area (Å²) >= 11 is 0. The first-order valence-corrected chi connectivity index (χ1v) is 7.41. The number of benzene rings is 1. The monoisotopic (exact) mass is 277 g/mol. The van der Waals surface area contributed by atoms with Crippen LogP contribution < -0.4 is 17.2 Å². The molecule has 1 atom stereocenters. The van der Waals surface area contributed by atoms with E-state index in [1.807, 2.05) is 24.3 Å². The van der Waals surface area contributed by atoms with Crippen LogP contribution in [0.5, 0.6) is 0 Å². The highest BCUT2D eigenvalue weighted by Crippen LogP contribution is 2.52. The molecule has 0 saturated carbocycles. The van der Waals surface area contributed by atoms with Crippen molar-refractivity contribution in [1.82, 2.24) is 0 Å². The Labute approximate surface area is 115 Å². The molecule has 1 aliphatic heterocycles. The number of fused-ring (bicyclic) bond motifs is 3. The molecule has 1 unspecified atom stereocenters. The Bertz CT molecular complexity index is 644. The maximum absolute atomic E-state index is 10.6. The van der Waals surface area contributed by atoms with Gasteiger partial charge in [0.05, 0.1) is 5.66 Å². The van der Waals surface area contributed by atoms with E-state index < -0.39 is 16.4 Å². The first-order valence-electron chi connectivity index (χ1n) is 6.23. The number of nitrogen functional groups attached to an aromatic ring is 1. The number of allylic oxidation sites excluding steroid dienone is 1. The molecule has 0 radical (unpaired) electrons. The summed E-state index contributed by atoms with van der Waals surface area (Å²) in [5.41, 5.74) is 19.7. The molecule has 1 aromatic carbocycles. The summed E-state index contributed by atoms with van der Waals surface area (Å²) in [7, 11) is -0.920. The van der Waals surface area contributed by atoms with Gasteiger partial charge in [-0.15, -0.1) is 0 Å². The van der Waals surface area contributed by atoms with Crippen molar-refractivity contribution in [3.8, 4) is 0 Å². The van der Waals surface area contributed by atoms with Gasteiger partial charge in [0.25, 0.3) is 0 Å². The third-order valence-corrected chi connectivity index (χ3v) is 5.63. The fraction of sp³-hybridized carbons (Fsp3) is 0.357. The van der Waals surface area contributed by atoms with Crippen molar-refractivity contribution in [2.75, 3.05) is 5.73 Å². The first kappa shape index (κ1) is 12.9. The number of hydrogen-bond donors (Lipinski definition) is 4.